The average molecular weight is 677 g/mol. The highest BCUT2D eigenvalue weighted by atomic mass is 16.6. The van der Waals surface area contributed by atoms with Crippen molar-refractivity contribution >= 4 is 39.9 Å². The number of hydrogen-bond acceptors (Lipinski definition) is 6. The second-order valence-corrected chi connectivity index (χ2v) is 14.1. The molecule has 0 spiro atoms. The third-order valence-electron chi connectivity index (χ3n) is 9.57. The van der Waals surface area contributed by atoms with Crippen molar-refractivity contribution in [2.75, 3.05) is 76.0 Å². The minimum atomic E-state index is -1.22. The van der Waals surface area contributed by atoms with Crippen LogP contribution >= 0.6 is 0 Å². The lowest BCUT2D eigenvalue weighted by Gasteiger charge is -2.27. The van der Waals surface area contributed by atoms with Crippen LogP contribution in [-0.4, -0.2) is 62.4 Å². The zero-order valence-electron chi connectivity index (χ0n) is 31.2. The van der Waals surface area contributed by atoms with Gasteiger partial charge in [0.2, 0.25) is 0 Å². The number of hydrogen-bond donors (Lipinski definition) is 0. The van der Waals surface area contributed by atoms with Crippen LogP contribution in [0.3, 0.4) is 0 Å². The van der Waals surface area contributed by atoms with Gasteiger partial charge in [-0.25, -0.2) is 4.79 Å². The van der Waals surface area contributed by atoms with Gasteiger partial charge in [-0.1, -0.05) is 66.2 Å². The van der Waals surface area contributed by atoms with Gasteiger partial charge in [0.25, 0.3) is 0 Å². The van der Waals surface area contributed by atoms with Crippen molar-refractivity contribution in [1.82, 2.24) is 0 Å². The Morgan fingerprint density at radius 2 is 0.804 bits per heavy atom. The van der Waals surface area contributed by atoms with Crippen molar-refractivity contribution in [3.8, 4) is 0 Å². The van der Waals surface area contributed by atoms with E-state index in [9.17, 15) is 4.79 Å². The quantitative estimate of drug-likeness (QED) is 0.138. The maximum Gasteiger partial charge on any atom is 0.340 e. The molecular formula is C45H48N4O2. The number of fused-ring (bicyclic) bond motifs is 1. The lowest BCUT2D eigenvalue weighted by molar-refractivity contribution is 0.0299. The number of cyclic esters (lactones) is 1. The highest BCUT2D eigenvalue weighted by Gasteiger charge is 2.43. The molecule has 1 aliphatic heterocycles. The summed E-state index contributed by atoms with van der Waals surface area (Å²) in [5.74, 6) is -0.336. The van der Waals surface area contributed by atoms with Crippen molar-refractivity contribution in [3.63, 3.8) is 0 Å². The number of ether oxygens (including phenoxy) is 1. The third-order valence-corrected chi connectivity index (χ3v) is 9.57. The van der Waals surface area contributed by atoms with E-state index in [1.165, 1.54) is 0 Å². The maximum absolute atomic E-state index is 13.9. The molecule has 0 amide bonds. The predicted molar refractivity (Wildman–Crippen MR) is 216 cm³/mol. The number of nitrogens with zero attached hydrogens (tertiary/aromatic N) is 4. The maximum atomic E-state index is 13.9. The third kappa shape index (κ3) is 7.27. The lowest BCUT2D eigenvalue weighted by Crippen LogP contribution is -2.22. The van der Waals surface area contributed by atoms with Crippen LogP contribution in [-0.2, 0) is 10.3 Å². The van der Waals surface area contributed by atoms with Gasteiger partial charge in [-0.15, -0.1) is 0 Å². The van der Waals surface area contributed by atoms with Gasteiger partial charge in [-0.05, 0) is 107 Å². The standard InChI is InChI=1S/C45H48N4O2/c1-31-10-27-43-40(28-31)44(50)51-45(43,29-41(32-11-19-36(20-12-32)46(2)3)33-13-21-37(22-14-33)47(4)5)30-42(34-15-23-38(24-16-34)48(6)7)35-17-25-39(26-18-35)49(8)9/h10-30H,1-9H3. The molecule has 0 unspecified atom stereocenters. The van der Waals surface area contributed by atoms with E-state index >= 15 is 0 Å². The van der Waals surface area contributed by atoms with Gasteiger partial charge in [-0.2, -0.15) is 0 Å². The van der Waals surface area contributed by atoms with Gasteiger partial charge < -0.3 is 24.3 Å². The molecule has 6 nitrogen and oxygen atoms in total. The van der Waals surface area contributed by atoms with E-state index < -0.39 is 5.60 Å². The molecule has 6 rings (SSSR count). The average Bonchev–Trinajstić information content (AvgIpc) is 3.39. The number of anilines is 4. The highest BCUT2D eigenvalue weighted by Crippen LogP contribution is 2.45. The molecule has 0 N–H and O–H groups in total. The van der Waals surface area contributed by atoms with Crippen LogP contribution in [0, 0.1) is 6.92 Å². The van der Waals surface area contributed by atoms with Gasteiger partial charge in [0, 0.05) is 84.7 Å². The normalized spacial score (nSPS) is 12.8. The van der Waals surface area contributed by atoms with Crippen LogP contribution in [0.4, 0.5) is 22.7 Å². The Kier molecular flexibility index (Phi) is 9.80. The second kappa shape index (κ2) is 14.2. The minimum Gasteiger partial charge on any atom is -0.442 e. The first kappa shape index (κ1) is 35.1. The van der Waals surface area contributed by atoms with Gasteiger partial charge >= 0.3 is 5.97 Å². The summed E-state index contributed by atoms with van der Waals surface area (Å²) in [6.07, 6.45) is 4.29. The second-order valence-electron chi connectivity index (χ2n) is 14.1. The fourth-order valence-corrected chi connectivity index (χ4v) is 6.54. The van der Waals surface area contributed by atoms with Crippen LogP contribution in [0.1, 0.15) is 43.7 Å². The van der Waals surface area contributed by atoms with E-state index in [2.05, 4.69) is 135 Å². The largest absolute Gasteiger partial charge is 0.442 e. The smallest absolute Gasteiger partial charge is 0.340 e. The summed E-state index contributed by atoms with van der Waals surface area (Å²) in [7, 11) is 16.3. The Bertz CT molecular complexity index is 1850. The molecule has 0 aromatic heterocycles. The van der Waals surface area contributed by atoms with Crippen molar-refractivity contribution in [2.24, 2.45) is 0 Å². The number of aryl methyl sites for hydroxylation is 1. The fraction of sp³-hybridized carbons (Fsp3) is 0.222. The van der Waals surface area contributed by atoms with Crippen LogP contribution in [0.25, 0.3) is 11.1 Å². The summed E-state index contributed by atoms with van der Waals surface area (Å²) in [5, 5.41) is 0. The van der Waals surface area contributed by atoms with Crippen molar-refractivity contribution in [1.29, 1.82) is 0 Å². The Labute approximate surface area is 303 Å². The molecule has 0 bridgehead atoms. The Morgan fingerprint density at radius 3 is 1.10 bits per heavy atom. The molecule has 6 heteroatoms. The van der Waals surface area contributed by atoms with E-state index in [1.807, 2.05) is 75.4 Å². The Balaban J connectivity index is 1.66. The Hall–Kier alpha value is -5.75. The predicted octanol–water partition coefficient (Wildman–Crippen LogP) is 8.89. The summed E-state index contributed by atoms with van der Waals surface area (Å²) in [4.78, 5) is 22.3. The van der Waals surface area contributed by atoms with Crippen molar-refractivity contribution < 1.29 is 9.53 Å². The monoisotopic (exact) mass is 676 g/mol. The van der Waals surface area contributed by atoms with Gasteiger partial charge in [0.15, 0.2) is 5.60 Å². The first-order chi connectivity index (χ1) is 24.3. The number of carbonyl (C=O) groups is 1. The van der Waals surface area contributed by atoms with Crippen LogP contribution in [0.15, 0.2) is 127 Å². The topological polar surface area (TPSA) is 39.3 Å². The van der Waals surface area contributed by atoms with E-state index in [4.69, 9.17) is 4.74 Å². The van der Waals surface area contributed by atoms with E-state index in [1.54, 1.807) is 0 Å². The molecule has 260 valence electrons. The summed E-state index contributed by atoms with van der Waals surface area (Å²) in [6, 6.07) is 40.2. The first-order valence-electron chi connectivity index (χ1n) is 17.3. The molecule has 1 heterocycles. The molecule has 0 fully saturated rings. The molecule has 0 saturated heterocycles. The molecule has 0 atom stereocenters. The highest BCUT2D eigenvalue weighted by molar-refractivity contribution is 5.98. The molecule has 51 heavy (non-hydrogen) atoms. The van der Waals surface area contributed by atoms with Gasteiger partial charge in [0.05, 0.1) is 5.56 Å². The molecule has 0 saturated carbocycles. The molecule has 5 aromatic carbocycles. The summed E-state index contributed by atoms with van der Waals surface area (Å²) in [6.45, 7) is 2.01. The van der Waals surface area contributed by atoms with Crippen LogP contribution < -0.4 is 19.6 Å². The SMILES string of the molecule is Cc1ccc2c(c1)C(=O)OC2(C=C(c1ccc(N(C)C)cc1)c1ccc(N(C)C)cc1)C=C(c1ccc(N(C)C)cc1)c1ccc(N(C)C)cc1. The number of esters is 1. The zero-order valence-corrected chi connectivity index (χ0v) is 31.2. The minimum absolute atomic E-state index is 0.336. The summed E-state index contributed by atoms with van der Waals surface area (Å²) >= 11 is 0. The van der Waals surface area contributed by atoms with Crippen LogP contribution in [0.5, 0.6) is 0 Å². The lowest BCUT2D eigenvalue weighted by atomic mass is 9.82. The molecule has 1 aliphatic rings. The van der Waals surface area contributed by atoms with E-state index in [0.717, 1.165) is 67.3 Å². The number of benzene rings is 5. The number of carbonyl (C=O) groups excluding carboxylic acids is 1. The molecule has 0 radical (unpaired) electrons. The summed E-state index contributed by atoms with van der Waals surface area (Å²) in [5.41, 5.74) is 11.6. The summed E-state index contributed by atoms with van der Waals surface area (Å²) < 4.78 is 6.64. The zero-order chi connectivity index (χ0) is 36.4. The number of rotatable bonds is 10. The first-order valence-corrected chi connectivity index (χ1v) is 17.3. The molecule has 0 aliphatic carbocycles. The van der Waals surface area contributed by atoms with Crippen LogP contribution in [0.2, 0.25) is 0 Å². The van der Waals surface area contributed by atoms with E-state index in [-0.39, 0.29) is 5.97 Å². The Morgan fingerprint density at radius 1 is 0.490 bits per heavy atom. The van der Waals surface area contributed by atoms with E-state index in [0.29, 0.717) is 5.56 Å². The fourth-order valence-electron chi connectivity index (χ4n) is 6.54. The van der Waals surface area contributed by atoms with Crippen molar-refractivity contribution in [3.05, 3.63) is 166 Å². The van der Waals surface area contributed by atoms with Crippen molar-refractivity contribution in [2.45, 2.75) is 12.5 Å². The molecular weight excluding hydrogens is 629 g/mol. The van der Waals surface area contributed by atoms with Gasteiger partial charge in [0.1, 0.15) is 0 Å². The van der Waals surface area contributed by atoms with Gasteiger partial charge in [-0.3, -0.25) is 0 Å². The molecule has 5 aromatic rings.